The number of aromatic nitrogens is 1. The third kappa shape index (κ3) is 9.79. The number of aliphatic carboxylic acids is 1. The molecule has 12 heteroatoms. The summed E-state index contributed by atoms with van der Waals surface area (Å²) in [5.41, 5.74) is 8.72. The average Bonchev–Trinajstić information content (AvgIpc) is 3.22. The highest BCUT2D eigenvalue weighted by Crippen LogP contribution is 2.37. The number of carboxylic acids is 1. The molecule has 0 radical (unpaired) electrons. The molecule has 1 unspecified atom stereocenters. The van der Waals surface area contributed by atoms with E-state index in [9.17, 15) is 25.1 Å². The summed E-state index contributed by atoms with van der Waals surface area (Å²) in [7, 11) is 0. The molecule has 0 aliphatic carbocycles. The number of nitriles is 1. The fraction of sp³-hybridized carbons (Fsp3) is 0.289. The number of pyridine rings is 1. The predicted molar refractivity (Wildman–Crippen MR) is 219 cm³/mol. The molecule has 0 spiro atoms. The number of nitrogens with zero attached hydrogens (tertiary/aromatic N) is 2. The van der Waals surface area contributed by atoms with Crippen LogP contribution >= 0.6 is 11.6 Å². The van der Waals surface area contributed by atoms with Crippen molar-refractivity contribution >= 4 is 23.5 Å². The number of carboxylic acid groups (broad SMARTS) is 1. The van der Waals surface area contributed by atoms with Crippen LogP contribution in [0.4, 0.5) is 0 Å². The molecule has 57 heavy (non-hydrogen) atoms. The number of benzene rings is 4. The summed E-state index contributed by atoms with van der Waals surface area (Å²) < 4.78 is 12.5. The molecule has 5 N–H and O–H groups in total. The second-order valence-electron chi connectivity index (χ2n) is 14.4. The third-order valence-electron chi connectivity index (χ3n) is 10.4. The van der Waals surface area contributed by atoms with Gasteiger partial charge in [-0.1, -0.05) is 72.3 Å². The van der Waals surface area contributed by atoms with E-state index in [1.54, 1.807) is 24.4 Å². The first-order valence-electron chi connectivity index (χ1n) is 18.8. The minimum Gasteiger partial charge on any atom is -0.488 e. The van der Waals surface area contributed by atoms with E-state index in [1.807, 2.05) is 12.1 Å². The third-order valence-corrected chi connectivity index (χ3v) is 10.7. The summed E-state index contributed by atoms with van der Waals surface area (Å²) in [5, 5.41) is 38.3. The molecule has 1 amide bonds. The maximum absolute atomic E-state index is 12.2. The van der Waals surface area contributed by atoms with Crippen molar-refractivity contribution < 1.29 is 29.3 Å². The number of piperidine rings is 1. The summed E-state index contributed by atoms with van der Waals surface area (Å²) >= 11 is 6.76. The quantitative estimate of drug-likeness (QED) is 0.0703. The molecule has 1 aromatic heterocycles. The Bertz CT molecular complexity index is 2290. The lowest BCUT2D eigenvalue weighted by atomic mass is 9.89. The highest BCUT2D eigenvalue weighted by Gasteiger charge is 2.32. The van der Waals surface area contributed by atoms with Crippen molar-refractivity contribution in [2.75, 3.05) is 13.2 Å². The fourth-order valence-electron chi connectivity index (χ4n) is 6.77. The SMILES string of the molecule is Cc1c(COc2cc(OCc3cncc(C#N)c3)c(CNC(C)(CO)C(=O)O)cc2Cl)cccc1-c1cccc(-c2ccc(CN[C@H]3CCCNC3=O)cc2)c1C. The molecule has 1 aliphatic rings. The molecule has 5 aromatic rings. The Labute approximate surface area is 337 Å². The standard InChI is InChI=1S/C45H46ClN5O6/c1-28-34(7-4-9-37(28)38-10-5-8-36(29(38)2)33-14-12-30(13-15-33)23-50-40-11-6-16-49-43(40)53)26-57-42-19-41(56-25-32-17-31(20-47)21-48-22-32)35(18-39(42)46)24-51-45(3,27-52)44(54)55/h4-5,7-10,12-15,17-19,21-22,40,50-52H,6,11,16,23-27H2,1-3H3,(H,49,53)(H,54,55)/t40-,45?/m0/s1. The molecule has 0 bridgehead atoms. The van der Waals surface area contributed by atoms with Crippen molar-refractivity contribution in [3.8, 4) is 39.8 Å². The van der Waals surface area contributed by atoms with Crippen molar-refractivity contribution in [1.29, 1.82) is 5.26 Å². The van der Waals surface area contributed by atoms with Crippen molar-refractivity contribution in [1.82, 2.24) is 20.9 Å². The minimum absolute atomic E-state index is 0.0244. The van der Waals surface area contributed by atoms with Crippen LogP contribution in [-0.4, -0.2) is 51.8 Å². The highest BCUT2D eigenvalue weighted by atomic mass is 35.5. The lowest BCUT2D eigenvalue weighted by Crippen LogP contribution is -2.52. The zero-order valence-electron chi connectivity index (χ0n) is 32.2. The van der Waals surface area contributed by atoms with Gasteiger partial charge in [-0.15, -0.1) is 0 Å². The Morgan fingerprint density at radius 2 is 1.65 bits per heavy atom. The van der Waals surface area contributed by atoms with Crippen molar-refractivity contribution in [3.05, 3.63) is 135 Å². The largest absolute Gasteiger partial charge is 0.488 e. The Hall–Kier alpha value is -5.77. The van der Waals surface area contributed by atoms with Gasteiger partial charge in [0, 0.05) is 49.2 Å². The van der Waals surface area contributed by atoms with Crippen molar-refractivity contribution in [2.45, 2.75) is 71.5 Å². The molecule has 294 valence electrons. The number of carbonyl (C=O) groups excluding carboxylic acids is 1. The zero-order chi connectivity index (χ0) is 40.5. The van der Waals surface area contributed by atoms with Crippen LogP contribution in [0.3, 0.4) is 0 Å². The van der Waals surface area contributed by atoms with Gasteiger partial charge in [0.25, 0.3) is 0 Å². The zero-order valence-corrected chi connectivity index (χ0v) is 33.0. The first kappa shape index (κ1) is 40.9. The first-order chi connectivity index (χ1) is 27.5. The summed E-state index contributed by atoms with van der Waals surface area (Å²) in [6.07, 6.45) is 4.89. The number of ether oxygens (including phenoxy) is 2. The van der Waals surface area contributed by atoms with Gasteiger partial charge in [-0.2, -0.15) is 5.26 Å². The van der Waals surface area contributed by atoms with Crippen LogP contribution in [-0.2, 0) is 35.9 Å². The lowest BCUT2D eigenvalue weighted by molar-refractivity contribution is -0.146. The van der Waals surface area contributed by atoms with Gasteiger partial charge in [-0.3, -0.25) is 19.9 Å². The molecule has 6 rings (SSSR count). The molecule has 0 saturated carbocycles. The van der Waals surface area contributed by atoms with Crippen molar-refractivity contribution in [2.24, 2.45) is 0 Å². The minimum atomic E-state index is -1.59. The van der Waals surface area contributed by atoms with E-state index in [1.165, 1.54) is 13.1 Å². The van der Waals surface area contributed by atoms with Gasteiger partial charge < -0.3 is 30.3 Å². The number of hydrogen-bond acceptors (Lipinski definition) is 9. The second kappa shape index (κ2) is 18.4. The van der Waals surface area contributed by atoms with Crippen LogP contribution in [0.5, 0.6) is 11.5 Å². The Morgan fingerprint density at radius 1 is 0.930 bits per heavy atom. The fourth-order valence-corrected chi connectivity index (χ4v) is 7.02. The van der Waals surface area contributed by atoms with Crippen molar-refractivity contribution in [3.63, 3.8) is 0 Å². The number of amides is 1. The van der Waals surface area contributed by atoms with Gasteiger partial charge in [0.2, 0.25) is 5.91 Å². The van der Waals surface area contributed by atoms with E-state index < -0.39 is 18.1 Å². The first-order valence-corrected chi connectivity index (χ1v) is 19.2. The number of carbonyl (C=O) groups is 2. The summed E-state index contributed by atoms with van der Waals surface area (Å²) in [4.78, 5) is 28.1. The van der Waals surface area contributed by atoms with Gasteiger partial charge in [0.1, 0.15) is 36.3 Å². The molecule has 2 heterocycles. The van der Waals surface area contributed by atoms with E-state index in [0.29, 0.717) is 39.8 Å². The number of aliphatic hydroxyl groups excluding tert-OH is 1. The van der Waals surface area contributed by atoms with Gasteiger partial charge in [0.15, 0.2) is 0 Å². The van der Waals surface area contributed by atoms with Crippen LogP contribution in [0, 0.1) is 25.2 Å². The van der Waals surface area contributed by atoms with Crippen LogP contribution in [0.1, 0.15) is 58.7 Å². The predicted octanol–water partition coefficient (Wildman–Crippen LogP) is 7.01. The van der Waals surface area contributed by atoms with Crippen LogP contribution < -0.4 is 25.4 Å². The molecular weight excluding hydrogens is 742 g/mol. The van der Waals surface area contributed by atoms with Gasteiger partial charge in [-0.05, 0) is 90.3 Å². The average molecular weight is 788 g/mol. The maximum Gasteiger partial charge on any atom is 0.326 e. The van der Waals surface area contributed by atoms with E-state index in [-0.39, 0.29) is 31.7 Å². The topological polar surface area (TPSA) is 166 Å². The number of hydrogen-bond donors (Lipinski definition) is 5. The number of rotatable bonds is 16. The van der Waals surface area contributed by atoms with E-state index in [4.69, 9.17) is 21.1 Å². The molecule has 2 atom stereocenters. The van der Waals surface area contributed by atoms with Gasteiger partial charge in [-0.25, -0.2) is 0 Å². The van der Waals surface area contributed by atoms with E-state index in [0.717, 1.165) is 63.9 Å². The molecule has 4 aromatic carbocycles. The Balaban J connectivity index is 1.20. The van der Waals surface area contributed by atoms with Crippen LogP contribution in [0.2, 0.25) is 5.02 Å². The Morgan fingerprint density at radius 3 is 2.37 bits per heavy atom. The van der Waals surface area contributed by atoms with E-state index in [2.05, 4.69) is 89.4 Å². The van der Waals surface area contributed by atoms with Crippen LogP contribution in [0.15, 0.2) is 91.3 Å². The molecule has 1 fully saturated rings. The lowest BCUT2D eigenvalue weighted by Gasteiger charge is -2.25. The molecular formula is C45H46ClN5O6. The summed E-state index contributed by atoms with van der Waals surface area (Å²) in [6.45, 7) is 6.65. The van der Waals surface area contributed by atoms with Gasteiger partial charge >= 0.3 is 5.97 Å². The summed E-state index contributed by atoms with van der Waals surface area (Å²) in [6, 6.07) is 27.8. The maximum atomic E-state index is 12.2. The highest BCUT2D eigenvalue weighted by molar-refractivity contribution is 6.32. The number of halogens is 1. The normalized spacial score (nSPS) is 14.9. The van der Waals surface area contributed by atoms with Crippen LogP contribution in [0.25, 0.3) is 22.3 Å². The van der Waals surface area contributed by atoms with E-state index >= 15 is 0 Å². The smallest absolute Gasteiger partial charge is 0.326 e. The molecule has 11 nitrogen and oxygen atoms in total. The summed E-state index contributed by atoms with van der Waals surface area (Å²) in [5.74, 6) is -0.387. The molecule has 1 aliphatic heterocycles. The number of nitrogens with one attached hydrogen (secondary N) is 3. The Kier molecular flexibility index (Phi) is 13.2. The van der Waals surface area contributed by atoms with Gasteiger partial charge in [0.05, 0.1) is 23.2 Å². The monoisotopic (exact) mass is 787 g/mol. The molecule has 1 saturated heterocycles. The number of aliphatic hydroxyl groups is 1. The second-order valence-corrected chi connectivity index (χ2v) is 14.8.